The highest BCUT2D eigenvalue weighted by molar-refractivity contribution is 5.91. The van der Waals surface area contributed by atoms with E-state index in [4.69, 9.17) is 4.42 Å². The van der Waals surface area contributed by atoms with E-state index < -0.39 is 5.60 Å². The van der Waals surface area contributed by atoms with Crippen LogP contribution in [0.2, 0.25) is 0 Å². The van der Waals surface area contributed by atoms with Crippen LogP contribution in [0.1, 0.15) is 62.8 Å². The molecule has 1 fully saturated rings. The van der Waals surface area contributed by atoms with Crippen LogP contribution in [0, 0.1) is 5.41 Å². The number of nitrogens with one attached hydrogen (secondary N) is 1. The number of rotatable bonds is 4. The normalized spacial score (nSPS) is 20.6. The molecule has 1 aromatic rings. The van der Waals surface area contributed by atoms with Crippen LogP contribution in [0.3, 0.4) is 0 Å². The number of hydrogen-bond donors (Lipinski definition) is 2. The monoisotopic (exact) mass is 279 g/mol. The summed E-state index contributed by atoms with van der Waals surface area (Å²) in [7, 11) is 0. The minimum Gasteiger partial charge on any atom is -0.456 e. The average molecular weight is 279 g/mol. The van der Waals surface area contributed by atoms with Crippen molar-refractivity contribution in [3.8, 4) is 0 Å². The molecule has 1 amide bonds. The number of hydrogen-bond acceptors (Lipinski definition) is 3. The molecule has 0 aromatic carbocycles. The molecule has 0 saturated heterocycles. The summed E-state index contributed by atoms with van der Waals surface area (Å²) in [6.45, 7) is 6.72. The molecule has 0 aliphatic heterocycles. The molecular formula is C16H25NO3. The first-order valence-electron chi connectivity index (χ1n) is 7.43. The molecule has 0 radical (unpaired) electrons. The second-order valence-corrected chi connectivity index (χ2v) is 6.69. The van der Waals surface area contributed by atoms with Gasteiger partial charge >= 0.3 is 0 Å². The Morgan fingerprint density at radius 2 is 1.95 bits per heavy atom. The average Bonchev–Trinajstić information content (AvgIpc) is 2.89. The molecular weight excluding hydrogens is 254 g/mol. The highest BCUT2D eigenvalue weighted by Crippen LogP contribution is 2.39. The van der Waals surface area contributed by atoms with Crippen LogP contribution in [0.25, 0.3) is 0 Å². The minimum atomic E-state index is -0.772. The second kappa shape index (κ2) is 5.60. The number of carbonyl (C=O) groups is 1. The molecule has 2 N–H and O–H groups in total. The summed E-state index contributed by atoms with van der Waals surface area (Å²) in [5.41, 5.74) is -0.474. The molecule has 0 bridgehead atoms. The van der Waals surface area contributed by atoms with Crippen molar-refractivity contribution in [2.75, 3.05) is 6.54 Å². The van der Waals surface area contributed by atoms with Gasteiger partial charge in [-0.05, 0) is 43.2 Å². The van der Waals surface area contributed by atoms with E-state index in [9.17, 15) is 9.90 Å². The number of amides is 1. The van der Waals surface area contributed by atoms with Crippen LogP contribution in [-0.4, -0.2) is 23.2 Å². The van der Waals surface area contributed by atoms with Crippen molar-refractivity contribution < 1.29 is 14.3 Å². The van der Waals surface area contributed by atoms with Gasteiger partial charge in [0.15, 0.2) is 5.76 Å². The van der Waals surface area contributed by atoms with Crippen molar-refractivity contribution >= 4 is 5.91 Å². The van der Waals surface area contributed by atoms with Gasteiger partial charge in [0.05, 0.1) is 5.60 Å². The Hall–Kier alpha value is -1.29. The Kier molecular flexibility index (Phi) is 4.23. The van der Waals surface area contributed by atoms with E-state index in [2.05, 4.69) is 19.2 Å². The smallest absolute Gasteiger partial charge is 0.287 e. The predicted molar refractivity (Wildman–Crippen MR) is 77.6 cm³/mol. The van der Waals surface area contributed by atoms with Crippen molar-refractivity contribution in [1.82, 2.24) is 5.32 Å². The summed E-state index contributed by atoms with van der Waals surface area (Å²) in [5.74, 6) is 0.873. The summed E-state index contributed by atoms with van der Waals surface area (Å²) in [4.78, 5) is 12.0. The van der Waals surface area contributed by atoms with Gasteiger partial charge in [0, 0.05) is 13.0 Å². The molecule has 20 heavy (non-hydrogen) atoms. The number of furan rings is 1. The molecule has 0 unspecified atom stereocenters. The zero-order valence-electron chi connectivity index (χ0n) is 12.7. The summed E-state index contributed by atoms with van der Waals surface area (Å²) in [6.07, 6.45) is 4.21. The predicted octanol–water partition coefficient (Wildman–Crippen LogP) is 2.90. The Morgan fingerprint density at radius 3 is 2.50 bits per heavy atom. The highest BCUT2D eigenvalue weighted by Gasteiger charge is 2.36. The molecule has 112 valence electrons. The Morgan fingerprint density at radius 1 is 1.30 bits per heavy atom. The van der Waals surface area contributed by atoms with Gasteiger partial charge in [0.2, 0.25) is 0 Å². The van der Waals surface area contributed by atoms with E-state index in [0.717, 1.165) is 37.9 Å². The SMILES string of the molecule is CCc1ccc(C(=O)NCC2(O)CCC(C)(C)CC2)o1. The first-order valence-corrected chi connectivity index (χ1v) is 7.43. The quantitative estimate of drug-likeness (QED) is 0.890. The van der Waals surface area contributed by atoms with Gasteiger partial charge in [0.25, 0.3) is 5.91 Å². The van der Waals surface area contributed by atoms with Crippen molar-refractivity contribution in [1.29, 1.82) is 0 Å². The molecule has 1 aromatic heterocycles. The third kappa shape index (κ3) is 3.63. The maximum atomic E-state index is 12.0. The molecule has 1 aliphatic carbocycles. The van der Waals surface area contributed by atoms with Gasteiger partial charge in [-0.2, -0.15) is 0 Å². The lowest BCUT2D eigenvalue weighted by atomic mass is 9.71. The molecule has 4 nitrogen and oxygen atoms in total. The first-order chi connectivity index (χ1) is 9.34. The van der Waals surface area contributed by atoms with Crippen molar-refractivity contribution in [3.63, 3.8) is 0 Å². The number of carbonyl (C=O) groups excluding carboxylic acids is 1. The van der Waals surface area contributed by atoms with E-state index in [1.54, 1.807) is 6.07 Å². The lowest BCUT2D eigenvalue weighted by Crippen LogP contribution is -2.46. The van der Waals surface area contributed by atoms with E-state index in [0.29, 0.717) is 17.7 Å². The van der Waals surface area contributed by atoms with Crippen LogP contribution in [0.5, 0.6) is 0 Å². The minimum absolute atomic E-state index is 0.247. The Labute approximate surface area is 120 Å². The van der Waals surface area contributed by atoms with Crippen molar-refractivity contribution in [2.45, 2.75) is 58.5 Å². The van der Waals surface area contributed by atoms with Gasteiger partial charge < -0.3 is 14.8 Å². The molecule has 1 saturated carbocycles. The van der Waals surface area contributed by atoms with Gasteiger partial charge in [0.1, 0.15) is 5.76 Å². The van der Waals surface area contributed by atoms with Crippen LogP contribution in [-0.2, 0) is 6.42 Å². The molecule has 2 rings (SSSR count). The second-order valence-electron chi connectivity index (χ2n) is 6.69. The number of aryl methyl sites for hydroxylation is 1. The molecule has 0 atom stereocenters. The number of aliphatic hydroxyl groups is 1. The van der Waals surface area contributed by atoms with Gasteiger partial charge in [-0.1, -0.05) is 20.8 Å². The summed E-state index contributed by atoms with van der Waals surface area (Å²) in [5, 5.41) is 13.3. The lowest BCUT2D eigenvalue weighted by Gasteiger charge is -2.40. The Bertz CT molecular complexity index is 466. The maximum absolute atomic E-state index is 12.0. The first kappa shape index (κ1) is 15.1. The van der Waals surface area contributed by atoms with Gasteiger partial charge in [-0.3, -0.25) is 4.79 Å². The summed E-state index contributed by atoms with van der Waals surface area (Å²) >= 11 is 0. The van der Waals surface area contributed by atoms with Crippen LogP contribution in [0.15, 0.2) is 16.5 Å². The van der Waals surface area contributed by atoms with Crippen molar-refractivity contribution in [2.24, 2.45) is 5.41 Å². The maximum Gasteiger partial charge on any atom is 0.287 e. The zero-order chi connectivity index (χ0) is 14.8. The van der Waals surface area contributed by atoms with Crippen LogP contribution in [0.4, 0.5) is 0 Å². The highest BCUT2D eigenvalue weighted by atomic mass is 16.3. The van der Waals surface area contributed by atoms with Crippen LogP contribution < -0.4 is 5.32 Å². The van der Waals surface area contributed by atoms with Gasteiger partial charge in [-0.15, -0.1) is 0 Å². The topological polar surface area (TPSA) is 62.5 Å². The molecule has 4 heteroatoms. The van der Waals surface area contributed by atoms with E-state index >= 15 is 0 Å². The molecule has 1 aliphatic rings. The fraction of sp³-hybridized carbons (Fsp3) is 0.688. The largest absolute Gasteiger partial charge is 0.456 e. The third-order valence-corrected chi connectivity index (χ3v) is 4.35. The fourth-order valence-electron chi connectivity index (χ4n) is 2.59. The third-order valence-electron chi connectivity index (χ3n) is 4.35. The summed E-state index contributed by atoms with van der Waals surface area (Å²) < 4.78 is 5.41. The fourth-order valence-corrected chi connectivity index (χ4v) is 2.59. The van der Waals surface area contributed by atoms with Crippen molar-refractivity contribution in [3.05, 3.63) is 23.7 Å². The van der Waals surface area contributed by atoms with Crippen LogP contribution >= 0.6 is 0 Å². The Balaban J connectivity index is 1.87. The van der Waals surface area contributed by atoms with Gasteiger partial charge in [-0.25, -0.2) is 0 Å². The lowest BCUT2D eigenvalue weighted by molar-refractivity contribution is -0.0234. The van der Waals surface area contributed by atoms with E-state index in [1.165, 1.54) is 0 Å². The zero-order valence-corrected chi connectivity index (χ0v) is 12.7. The molecule has 1 heterocycles. The van der Waals surface area contributed by atoms with E-state index in [-0.39, 0.29) is 5.91 Å². The molecule has 0 spiro atoms. The summed E-state index contributed by atoms with van der Waals surface area (Å²) in [6, 6.07) is 3.49. The standard InChI is InChI=1S/C16H25NO3/c1-4-12-5-6-13(20-12)14(18)17-11-16(19)9-7-15(2,3)8-10-16/h5-6,19H,4,7-11H2,1-3H3,(H,17,18). The van der Waals surface area contributed by atoms with E-state index in [1.807, 2.05) is 13.0 Å².